The average molecular weight is 712 g/mol. The Kier molecular flexibility index (Phi) is 10.8. The Labute approximate surface area is 357 Å². The van der Waals surface area contributed by atoms with E-state index in [0.717, 1.165) is 18.3 Å². The second kappa shape index (κ2) is 14.8. The van der Waals surface area contributed by atoms with Crippen molar-refractivity contribution in [1.29, 1.82) is 0 Å². The van der Waals surface area contributed by atoms with Gasteiger partial charge in [0.2, 0.25) is 0 Å². The Hall–Kier alpha value is -3.76. The van der Waals surface area contributed by atoms with Crippen LogP contribution >= 0.6 is 0 Å². The monoisotopic (exact) mass is 715 g/mol. The molecule has 0 amide bonds. The van der Waals surface area contributed by atoms with E-state index in [4.69, 9.17) is 6.42 Å². The van der Waals surface area contributed by atoms with Crippen molar-refractivity contribution in [2.45, 2.75) is 25.6 Å². The van der Waals surface area contributed by atoms with Gasteiger partial charge >= 0.3 is 0 Å². The van der Waals surface area contributed by atoms with Gasteiger partial charge in [0.05, 0.1) is 0 Å². The summed E-state index contributed by atoms with van der Waals surface area (Å²) in [5.74, 6) is 3.25. The van der Waals surface area contributed by atoms with E-state index in [1.165, 1.54) is 148 Å². The van der Waals surface area contributed by atoms with E-state index in [1.54, 1.807) is 11.1 Å². The lowest BCUT2D eigenvalue weighted by atomic mass is 9.59. The standard InChI is InChI=1S/C40H47B17/c1-3-12-17-22(29(46)25-18(12)30(47)37(54)40(57)35(25)52)24-23(28(17)45)20(31(48)36(53)34(24)51)13-9-14(26(43)27(44)15(42)4-2)16(10-5-7-11(41)8-6-10)21-19(13)32(49)38(55)39(56)33(21)50/h2,5-8,28H,3,9,41-57H2,1H3/b26-14-,27-15-. The van der Waals surface area contributed by atoms with E-state index in [-0.39, 0.29) is 5.82 Å². The lowest BCUT2D eigenvalue weighted by Crippen LogP contribution is -2.65. The third kappa shape index (κ3) is 5.84. The summed E-state index contributed by atoms with van der Waals surface area (Å²) in [6.07, 6.45) is 7.97. The molecule has 17 heteroatoms. The first-order valence-electron chi connectivity index (χ1n) is 21.3. The molecular formula is C40H47B17. The van der Waals surface area contributed by atoms with Gasteiger partial charge in [-0.15, -0.1) is 33.7 Å². The van der Waals surface area contributed by atoms with Crippen LogP contribution in [-0.4, -0.2) is 133 Å². The molecule has 0 heterocycles. The van der Waals surface area contributed by atoms with Crippen molar-refractivity contribution in [2.75, 3.05) is 0 Å². The Bertz CT molecular complexity index is 2930. The Morgan fingerprint density at radius 3 is 1.65 bits per heavy atom. The highest BCUT2D eigenvalue weighted by atomic mass is 14.4. The van der Waals surface area contributed by atoms with E-state index >= 15 is 0 Å². The number of hydrogen-bond acceptors (Lipinski definition) is 0. The number of fused-ring (bicyclic) bond motifs is 5. The molecule has 57 heavy (non-hydrogen) atoms. The number of terminal acetylenes is 1. The van der Waals surface area contributed by atoms with E-state index in [1.807, 2.05) is 0 Å². The molecular weight excluding hydrogens is 664 g/mol. The second-order valence-electron chi connectivity index (χ2n) is 17.9. The highest BCUT2D eigenvalue weighted by molar-refractivity contribution is 6.69. The summed E-state index contributed by atoms with van der Waals surface area (Å²) in [7, 11) is 39.8. The zero-order chi connectivity index (χ0) is 41.8. The van der Waals surface area contributed by atoms with Crippen molar-refractivity contribution in [3.05, 3.63) is 84.5 Å². The first kappa shape index (κ1) is 41.4. The van der Waals surface area contributed by atoms with Crippen molar-refractivity contribution in [1.82, 2.24) is 0 Å². The molecule has 1 unspecified atom stereocenters. The molecule has 0 N–H and O–H groups in total. The van der Waals surface area contributed by atoms with Crippen molar-refractivity contribution < 1.29 is 0 Å². The summed E-state index contributed by atoms with van der Waals surface area (Å²) in [5.41, 5.74) is 36.4. The van der Waals surface area contributed by atoms with Gasteiger partial charge in [-0.2, -0.15) is 0 Å². The van der Waals surface area contributed by atoms with Gasteiger partial charge in [-0.1, -0.05) is 91.8 Å². The molecule has 0 saturated carbocycles. The molecule has 0 aliphatic heterocycles. The summed E-state index contributed by atoms with van der Waals surface area (Å²) in [5, 5.41) is 5.80. The number of aryl methyl sites for hydroxylation is 1. The third-order valence-corrected chi connectivity index (χ3v) is 15.5. The van der Waals surface area contributed by atoms with Crippen LogP contribution in [0.2, 0.25) is 0 Å². The summed E-state index contributed by atoms with van der Waals surface area (Å²) >= 11 is 0. The smallest absolute Gasteiger partial charge is 0.116 e. The predicted octanol–water partition coefficient (Wildman–Crippen LogP) is -18.7. The second-order valence-corrected chi connectivity index (χ2v) is 17.9. The van der Waals surface area contributed by atoms with E-state index in [2.05, 4.69) is 170 Å². The molecule has 0 nitrogen and oxygen atoms in total. The van der Waals surface area contributed by atoms with Crippen LogP contribution in [0.3, 0.4) is 0 Å². The molecule has 258 valence electrons. The van der Waals surface area contributed by atoms with Crippen LogP contribution in [0, 0.1) is 12.3 Å². The largest absolute Gasteiger partial charge is 0.149 e. The van der Waals surface area contributed by atoms with Crippen LogP contribution < -0.4 is 81.5 Å². The SMILES string of the molecule is B/C(C#C)=C(B)/C(B)=C1\CC(c2c(B)c(B)c(B)c3c2C(B)c2c-3c(B)c3c(B)c(B)c(B)c(B)c3c2CC)=c2c(B)c(B)c(B)c(B)c2=C1c1ccc(B)cc1. The number of benzene rings is 5. The molecule has 0 bridgehead atoms. The minimum absolute atomic E-state index is 0.257. The molecule has 0 spiro atoms. The van der Waals surface area contributed by atoms with Gasteiger partial charge in [0, 0.05) is 0 Å². The van der Waals surface area contributed by atoms with Gasteiger partial charge in [-0.25, -0.2) is 0 Å². The normalized spacial score (nSPS) is 15.8. The molecule has 1 atom stereocenters. The zero-order valence-electron chi connectivity index (χ0n) is 38.4. The summed E-state index contributed by atoms with van der Waals surface area (Å²) in [6.45, 7) is 2.38. The van der Waals surface area contributed by atoms with Crippen molar-refractivity contribution in [3.63, 3.8) is 0 Å². The maximum absolute atomic E-state index is 6.11. The minimum atomic E-state index is 0.257. The average Bonchev–Trinajstić information content (AvgIpc) is 3.50. The maximum Gasteiger partial charge on any atom is 0.149 e. The fourth-order valence-corrected chi connectivity index (χ4v) is 11.1. The van der Waals surface area contributed by atoms with Crippen LogP contribution in [0.4, 0.5) is 0 Å². The van der Waals surface area contributed by atoms with Gasteiger partial charge in [0.25, 0.3) is 0 Å². The Balaban J connectivity index is 1.77. The molecule has 2 aliphatic carbocycles. The van der Waals surface area contributed by atoms with Crippen LogP contribution in [-0.2, 0) is 6.42 Å². The fraction of sp³-hybridized carbons (Fsp3) is 0.100. The van der Waals surface area contributed by atoms with Crippen molar-refractivity contribution >= 4 is 226 Å². The van der Waals surface area contributed by atoms with Gasteiger partial charge in [0.1, 0.15) is 133 Å². The summed E-state index contributed by atoms with van der Waals surface area (Å²) in [6, 6.07) is 9.23. The molecule has 7 rings (SSSR count). The quantitative estimate of drug-likeness (QED) is 0.129. The van der Waals surface area contributed by atoms with E-state index < -0.39 is 0 Å². The third-order valence-electron chi connectivity index (χ3n) is 15.5. The maximum atomic E-state index is 6.11. The minimum Gasteiger partial charge on any atom is -0.116 e. The van der Waals surface area contributed by atoms with Gasteiger partial charge in [0.15, 0.2) is 0 Å². The molecule has 0 saturated heterocycles. The van der Waals surface area contributed by atoms with E-state index in [9.17, 15) is 0 Å². The molecule has 0 fully saturated rings. The Morgan fingerprint density at radius 1 is 0.596 bits per heavy atom. The highest BCUT2D eigenvalue weighted by Gasteiger charge is 2.37. The van der Waals surface area contributed by atoms with Crippen LogP contribution in [0.15, 0.2) is 46.3 Å². The van der Waals surface area contributed by atoms with Crippen molar-refractivity contribution in [3.8, 4) is 23.5 Å². The molecule has 5 aromatic carbocycles. The predicted molar refractivity (Wildman–Crippen MR) is 306 cm³/mol. The molecule has 0 radical (unpaired) electrons. The molecule has 0 aromatic heterocycles. The topological polar surface area (TPSA) is 0 Å². The lowest BCUT2D eigenvalue weighted by molar-refractivity contribution is 1.08. The number of hydrogen-bond donors (Lipinski definition) is 0. The van der Waals surface area contributed by atoms with Gasteiger partial charge < -0.3 is 0 Å². The molecule has 5 aromatic rings. The Morgan fingerprint density at radius 2 is 1.09 bits per heavy atom. The van der Waals surface area contributed by atoms with Crippen LogP contribution in [0.1, 0.15) is 47.0 Å². The van der Waals surface area contributed by atoms with Crippen LogP contribution in [0.5, 0.6) is 0 Å². The highest BCUT2D eigenvalue weighted by Crippen LogP contribution is 2.48. The number of rotatable bonds is 4. The summed E-state index contributed by atoms with van der Waals surface area (Å²) in [4.78, 5) is 0. The zero-order valence-corrected chi connectivity index (χ0v) is 38.4. The first-order chi connectivity index (χ1) is 26.8. The van der Waals surface area contributed by atoms with Crippen molar-refractivity contribution in [2.24, 2.45) is 0 Å². The fourth-order valence-electron chi connectivity index (χ4n) is 11.1. The lowest BCUT2D eigenvalue weighted by Gasteiger charge is -2.31. The molecule has 2 aliphatic rings. The van der Waals surface area contributed by atoms with Gasteiger partial charge in [-0.05, 0) is 101 Å². The first-order valence-corrected chi connectivity index (χ1v) is 21.3. The van der Waals surface area contributed by atoms with Gasteiger partial charge in [-0.3, -0.25) is 0 Å². The van der Waals surface area contributed by atoms with Crippen LogP contribution in [0.25, 0.3) is 33.0 Å². The summed E-state index contributed by atoms with van der Waals surface area (Å²) < 4.78 is 0. The van der Waals surface area contributed by atoms with E-state index in [0.29, 0.717) is 0 Å². The number of allylic oxidation sites excluding steroid dienone is 4.